The van der Waals surface area contributed by atoms with E-state index < -0.39 is 0 Å². The Morgan fingerprint density at radius 1 is 1.31 bits per heavy atom. The fourth-order valence-electron chi connectivity index (χ4n) is 3.51. The van der Waals surface area contributed by atoms with Gasteiger partial charge in [-0.25, -0.2) is 4.39 Å². The largest absolute Gasteiger partial charge is 0.385 e. The van der Waals surface area contributed by atoms with Crippen LogP contribution >= 0.6 is 11.6 Å². The number of rotatable bonds is 9. The number of nitrogens with one attached hydrogen (secondary N) is 1. The predicted octanol–water partition coefficient (Wildman–Crippen LogP) is 4.24. The molecule has 0 spiro atoms. The normalized spacial score (nSPS) is 16.3. The first-order valence-electron chi connectivity index (χ1n) is 10.5. The van der Waals surface area contributed by atoms with Crippen LogP contribution in [0.3, 0.4) is 0 Å². The van der Waals surface area contributed by atoms with Crippen molar-refractivity contribution in [1.29, 1.82) is 0 Å². The molecule has 0 aliphatic carbocycles. The third kappa shape index (κ3) is 7.43. The smallest absolute Gasteiger partial charge is 0.193 e. The molecule has 1 fully saturated rings. The monoisotopic (exact) mass is 427 g/mol. The standard InChI is InChI=1S/C22H35ClFN3O2/c1-5-25-21(27-11-9-18(10-12-27)29-14-6-13-28-4)26-16-22(2,3)19-8-7-17(24)15-20(19)23/h7-8,15,18H,5-6,9-14,16H2,1-4H3,(H,25,26). The van der Waals surface area contributed by atoms with Gasteiger partial charge < -0.3 is 19.7 Å². The summed E-state index contributed by atoms with van der Waals surface area (Å²) in [6, 6.07) is 4.58. The summed E-state index contributed by atoms with van der Waals surface area (Å²) in [5.74, 6) is 0.593. The molecule has 1 aliphatic rings. The molecule has 164 valence electrons. The van der Waals surface area contributed by atoms with Crippen LogP contribution in [-0.2, 0) is 14.9 Å². The first kappa shape index (κ1) is 23.9. The maximum Gasteiger partial charge on any atom is 0.193 e. The van der Waals surface area contributed by atoms with Crippen molar-refractivity contribution in [3.05, 3.63) is 34.6 Å². The van der Waals surface area contributed by atoms with Gasteiger partial charge in [0.25, 0.3) is 0 Å². The highest BCUT2D eigenvalue weighted by Crippen LogP contribution is 2.31. The lowest BCUT2D eigenvalue weighted by Crippen LogP contribution is -2.47. The van der Waals surface area contributed by atoms with Gasteiger partial charge in [0.2, 0.25) is 0 Å². The average molecular weight is 428 g/mol. The summed E-state index contributed by atoms with van der Waals surface area (Å²) in [7, 11) is 1.71. The summed E-state index contributed by atoms with van der Waals surface area (Å²) in [6.07, 6.45) is 3.22. The molecule has 1 N–H and O–H groups in total. The quantitative estimate of drug-likeness (QED) is 0.363. The fourth-order valence-corrected chi connectivity index (χ4v) is 3.93. The molecule has 0 saturated carbocycles. The van der Waals surface area contributed by atoms with Gasteiger partial charge in [0.05, 0.1) is 12.6 Å². The zero-order chi connectivity index (χ0) is 21.3. The number of likely N-dealkylation sites (tertiary alicyclic amines) is 1. The SMILES string of the molecule is CCNC(=NCC(C)(C)c1ccc(F)cc1Cl)N1CCC(OCCCOC)CC1. The van der Waals surface area contributed by atoms with Crippen LogP contribution in [-0.4, -0.2) is 63.5 Å². The van der Waals surface area contributed by atoms with Crippen molar-refractivity contribution in [2.75, 3.05) is 46.5 Å². The molecule has 29 heavy (non-hydrogen) atoms. The Balaban J connectivity index is 1.96. The second-order valence-electron chi connectivity index (χ2n) is 8.08. The predicted molar refractivity (Wildman–Crippen MR) is 117 cm³/mol. The Bertz CT molecular complexity index is 661. The van der Waals surface area contributed by atoms with Gasteiger partial charge in [-0.3, -0.25) is 4.99 Å². The molecule has 2 rings (SSSR count). The van der Waals surface area contributed by atoms with E-state index in [4.69, 9.17) is 26.1 Å². The van der Waals surface area contributed by atoms with Crippen LogP contribution in [0.1, 0.15) is 45.6 Å². The molecule has 0 atom stereocenters. The Morgan fingerprint density at radius 2 is 2.03 bits per heavy atom. The van der Waals surface area contributed by atoms with E-state index in [0.29, 0.717) is 17.7 Å². The van der Waals surface area contributed by atoms with Gasteiger partial charge in [0, 0.05) is 50.4 Å². The highest BCUT2D eigenvalue weighted by atomic mass is 35.5. The highest BCUT2D eigenvalue weighted by Gasteiger charge is 2.26. The van der Waals surface area contributed by atoms with Gasteiger partial charge in [-0.15, -0.1) is 0 Å². The summed E-state index contributed by atoms with van der Waals surface area (Å²) in [4.78, 5) is 7.17. The van der Waals surface area contributed by atoms with E-state index in [0.717, 1.165) is 63.6 Å². The maximum absolute atomic E-state index is 13.4. The topological polar surface area (TPSA) is 46.1 Å². The van der Waals surface area contributed by atoms with Crippen LogP contribution in [0.25, 0.3) is 0 Å². The Labute approximate surface area is 179 Å². The molecule has 0 radical (unpaired) electrons. The molecule has 0 unspecified atom stereocenters. The molecule has 1 saturated heterocycles. The summed E-state index contributed by atoms with van der Waals surface area (Å²) in [6.45, 7) is 10.9. The lowest BCUT2D eigenvalue weighted by Gasteiger charge is -2.35. The third-order valence-electron chi connectivity index (χ3n) is 5.21. The number of halogens is 2. The minimum absolute atomic E-state index is 0.297. The van der Waals surface area contributed by atoms with Crippen LogP contribution in [0.5, 0.6) is 0 Å². The molecular weight excluding hydrogens is 393 g/mol. The summed E-state index contributed by atoms with van der Waals surface area (Å²) in [5.41, 5.74) is 0.608. The van der Waals surface area contributed by atoms with Crippen molar-refractivity contribution in [2.45, 2.75) is 51.6 Å². The van der Waals surface area contributed by atoms with Gasteiger partial charge in [-0.2, -0.15) is 0 Å². The summed E-state index contributed by atoms with van der Waals surface area (Å²) in [5, 5.41) is 3.85. The van der Waals surface area contributed by atoms with Gasteiger partial charge in [0.15, 0.2) is 5.96 Å². The van der Waals surface area contributed by atoms with E-state index in [9.17, 15) is 4.39 Å². The first-order valence-corrected chi connectivity index (χ1v) is 10.8. The van der Waals surface area contributed by atoms with Crippen LogP contribution in [0.4, 0.5) is 4.39 Å². The van der Waals surface area contributed by atoms with Crippen LogP contribution < -0.4 is 5.32 Å². The minimum atomic E-state index is -0.321. The fraction of sp³-hybridized carbons (Fsp3) is 0.682. The van der Waals surface area contributed by atoms with E-state index in [2.05, 4.69) is 31.0 Å². The number of methoxy groups -OCH3 is 1. The molecular formula is C22H35ClFN3O2. The number of benzene rings is 1. The number of aliphatic imine (C=N–C) groups is 1. The maximum atomic E-state index is 13.4. The molecule has 1 aromatic rings. The molecule has 1 aromatic carbocycles. The number of nitrogens with zero attached hydrogens (tertiary/aromatic N) is 2. The van der Waals surface area contributed by atoms with E-state index in [1.807, 2.05) is 0 Å². The average Bonchev–Trinajstić information content (AvgIpc) is 2.69. The first-order chi connectivity index (χ1) is 13.9. The molecule has 0 aromatic heterocycles. The summed E-state index contributed by atoms with van der Waals surface area (Å²) >= 11 is 6.28. The molecule has 5 nitrogen and oxygen atoms in total. The van der Waals surface area contributed by atoms with Crippen molar-refractivity contribution in [3.63, 3.8) is 0 Å². The lowest BCUT2D eigenvalue weighted by atomic mass is 9.84. The van der Waals surface area contributed by atoms with Crippen molar-refractivity contribution in [2.24, 2.45) is 4.99 Å². The molecule has 1 heterocycles. The van der Waals surface area contributed by atoms with Crippen molar-refractivity contribution in [1.82, 2.24) is 10.2 Å². The number of guanidine groups is 1. The van der Waals surface area contributed by atoms with E-state index in [1.54, 1.807) is 13.2 Å². The Hall–Kier alpha value is -1.37. The highest BCUT2D eigenvalue weighted by molar-refractivity contribution is 6.31. The zero-order valence-electron chi connectivity index (χ0n) is 18.1. The van der Waals surface area contributed by atoms with E-state index in [1.165, 1.54) is 12.1 Å². The molecule has 0 amide bonds. The van der Waals surface area contributed by atoms with E-state index >= 15 is 0 Å². The van der Waals surface area contributed by atoms with Crippen LogP contribution in [0, 0.1) is 5.82 Å². The molecule has 0 bridgehead atoms. The number of hydrogen-bond acceptors (Lipinski definition) is 3. The second kappa shape index (κ2) is 11.7. The molecule has 1 aliphatic heterocycles. The lowest BCUT2D eigenvalue weighted by molar-refractivity contribution is 0.00989. The van der Waals surface area contributed by atoms with Crippen LogP contribution in [0.15, 0.2) is 23.2 Å². The number of hydrogen-bond donors (Lipinski definition) is 1. The number of piperidine rings is 1. The van der Waals surface area contributed by atoms with Gasteiger partial charge in [-0.1, -0.05) is 31.5 Å². The van der Waals surface area contributed by atoms with Crippen molar-refractivity contribution < 1.29 is 13.9 Å². The Morgan fingerprint density at radius 3 is 2.66 bits per heavy atom. The Kier molecular flexibility index (Phi) is 9.66. The second-order valence-corrected chi connectivity index (χ2v) is 8.49. The van der Waals surface area contributed by atoms with E-state index in [-0.39, 0.29) is 11.2 Å². The van der Waals surface area contributed by atoms with Crippen LogP contribution in [0.2, 0.25) is 5.02 Å². The van der Waals surface area contributed by atoms with Crippen molar-refractivity contribution >= 4 is 17.6 Å². The third-order valence-corrected chi connectivity index (χ3v) is 5.52. The zero-order valence-corrected chi connectivity index (χ0v) is 18.9. The minimum Gasteiger partial charge on any atom is -0.385 e. The van der Waals surface area contributed by atoms with Gasteiger partial charge in [0.1, 0.15) is 5.82 Å². The van der Waals surface area contributed by atoms with Gasteiger partial charge in [-0.05, 0) is 43.9 Å². The van der Waals surface area contributed by atoms with Gasteiger partial charge >= 0.3 is 0 Å². The van der Waals surface area contributed by atoms with Crippen molar-refractivity contribution in [3.8, 4) is 0 Å². The summed E-state index contributed by atoms with van der Waals surface area (Å²) < 4.78 is 24.4. The number of ether oxygens (including phenoxy) is 2. The molecule has 7 heteroatoms.